The molecule has 2 aromatic rings. The van der Waals surface area contributed by atoms with Crippen molar-refractivity contribution in [2.45, 2.75) is 26.7 Å². The normalized spacial score (nSPS) is 10.7. The van der Waals surface area contributed by atoms with Crippen molar-refractivity contribution in [3.05, 3.63) is 47.7 Å². The van der Waals surface area contributed by atoms with Gasteiger partial charge in [-0.15, -0.1) is 0 Å². The summed E-state index contributed by atoms with van der Waals surface area (Å²) in [5.41, 5.74) is 1.36. The average Bonchev–Trinajstić information content (AvgIpc) is 2.73. The molecule has 1 heterocycles. The van der Waals surface area contributed by atoms with Crippen LogP contribution in [0.15, 0.2) is 34.7 Å². The van der Waals surface area contributed by atoms with Gasteiger partial charge in [0.1, 0.15) is 0 Å². The van der Waals surface area contributed by atoms with E-state index in [0.717, 1.165) is 5.69 Å². The van der Waals surface area contributed by atoms with Crippen molar-refractivity contribution >= 4 is 11.6 Å². The minimum Gasteiger partial charge on any atom is -0.435 e. The second kappa shape index (κ2) is 5.04. The van der Waals surface area contributed by atoms with Gasteiger partial charge >= 0.3 is 0 Å². The van der Waals surface area contributed by atoms with Gasteiger partial charge in [0.2, 0.25) is 5.76 Å². The average molecular weight is 244 g/mol. The number of carbonyl (C=O) groups excluding carboxylic acids is 1. The quantitative estimate of drug-likeness (QED) is 0.900. The highest BCUT2D eigenvalue weighted by Crippen LogP contribution is 2.19. The number of carbonyl (C=O) groups is 1. The van der Waals surface area contributed by atoms with E-state index < -0.39 is 0 Å². The Morgan fingerprint density at radius 3 is 2.50 bits per heavy atom. The maximum Gasteiger partial charge on any atom is 0.293 e. The van der Waals surface area contributed by atoms with E-state index in [-0.39, 0.29) is 17.6 Å². The van der Waals surface area contributed by atoms with Crippen molar-refractivity contribution in [2.75, 3.05) is 5.32 Å². The predicted molar refractivity (Wildman–Crippen MR) is 69.7 cm³/mol. The first-order chi connectivity index (χ1) is 8.58. The molecular formula is C14H16N2O2. The second-order valence-electron chi connectivity index (χ2n) is 4.44. The number of para-hydroxylation sites is 1. The summed E-state index contributed by atoms with van der Waals surface area (Å²) in [5.74, 6) is 0.772. The zero-order chi connectivity index (χ0) is 13.1. The van der Waals surface area contributed by atoms with E-state index in [0.29, 0.717) is 11.6 Å². The molecular weight excluding hydrogens is 228 g/mol. The lowest BCUT2D eigenvalue weighted by atomic mass is 10.2. The van der Waals surface area contributed by atoms with E-state index in [1.54, 1.807) is 6.92 Å². The first-order valence-electron chi connectivity index (χ1n) is 5.91. The molecule has 94 valence electrons. The number of hydrogen-bond donors (Lipinski definition) is 1. The van der Waals surface area contributed by atoms with Crippen molar-refractivity contribution in [2.24, 2.45) is 0 Å². The highest BCUT2D eigenvalue weighted by Gasteiger charge is 2.18. The molecule has 0 saturated heterocycles. The highest BCUT2D eigenvalue weighted by molar-refractivity contribution is 6.02. The van der Waals surface area contributed by atoms with Crippen LogP contribution in [0.1, 0.15) is 41.9 Å². The molecule has 0 spiro atoms. The third-order valence-corrected chi connectivity index (χ3v) is 2.54. The summed E-state index contributed by atoms with van der Waals surface area (Å²) in [4.78, 5) is 16.3. The molecule has 4 heteroatoms. The van der Waals surface area contributed by atoms with E-state index in [1.807, 2.05) is 44.2 Å². The zero-order valence-corrected chi connectivity index (χ0v) is 10.7. The Hall–Kier alpha value is -2.10. The summed E-state index contributed by atoms with van der Waals surface area (Å²) in [6.07, 6.45) is 0. The fourth-order valence-corrected chi connectivity index (χ4v) is 1.58. The number of aryl methyl sites for hydroxylation is 1. The van der Waals surface area contributed by atoms with Gasteiger partial charge < -0.3 is 9.73 Å². The fourth-order valence-electron chi connectivity index (χ4n) is 1.58. The molecule has 0 aliphatic heterocycles. The number of nitrogens with zero attached hydrogens (tertiary/aromatic N) is 1. The van der Waals surface area contributed by atoms with Gasteiger partial charge in [0, 0.05) is 11.6 Å². The van der Waals surface area contributed by atoms with Crippen LogP contribution in [0.4, 0.5) is 5.69 Å². The molecule has 1 N–H and O–H groups in total. The molecule has 18 heavy (non-hydrogen) atoms. The van der Waals surface area contributed by atoms with Gasteiger partial charge in [-0.2, -0.15) is 0 Å². The minimum atomic E-state index is -0.266. The van der Waals surface area contributed by atoms with Gasteiger partial charge in [0.05, 0.1) is 5.69 Å². The van der Waals surface area contributed by atoms with Crippen LogP contribution in [0.3, 0.4) is 0 Å². The van der Waals surface area contributed by atoms with E-state index >= 15 is 0 Å². The lowest BCUT2D eigenvalue weighted by Crippen LogP contribution is -2.12. The second-order valence-corrected chi connectivity index (χ2v) is 4.44. The van der Waals surface area contributed by atoms with Gasteiger partial charge in [0.25, 0.3) is 5.91 Å². The lowest BCUT2D eigenvalue weighted by Gasteiger charge is -2.02. The smallest absolute Gasteiger partial charge is 0.293 e. The van der Waals surface area contributed by atoms with E-state index in [2.05, 4.69) is 10.3 Å². The first-order valence-corrected chi connectivity index (χ1v) is 5.91. The van der Waals surface area contributed by atoms with Crippen LogP contribution in [-0.2, 0) is 0 Å². The third-order valence-electron chi connectivity index (χ3n) is 2.54. The number of benzene rings is 1. The predicted octanol–water partition coefficient (Wildman–Crippen LogP) is 3.36. The number of aromatic nitrogens is 1. The maximum absolute atomic E-state index is 12.0. The van der Waals surface area contributed by atoms with Gasteiger partial charge in [-0.25, -0.2) is 4.98 Å². The molecule has 1 aromatic carbocycles. The Morgan fingerprint density at radius 2 is 1.94 bits per heavy atom. The molecule has 0 aliphatic carbocycles. The standard InChI is InChI=1S/C14H16N2O2/c1-9(2)14-15-10(3)12(18-14)13(17)16-11-7-5-4-6-8-11/h4-9H,1-3H3,(H,16,17). The molecule has 0 atom stereocenters. The fraction of sp³-hybridized carbons (Fsp3) is 0.286. The number of rotatable bonds is 3. The summed E-state index contributed by atoms with van der Waals surface area (Å²) >= 11 is 0. The topological polar surface area (TPSA) is 55.1 Å². The Balaban J connectivity index is 2.19. The molecule has 0 aliphatic rings. The summed E-state index contributed by atoms with van der Waals surface area (Å²) in [6.45, 7) is 5.73. The third kappa shape index (κ3) is 2.59. The number of amides is 1. The molecule has 4 nitrogen and oxygen atoms in total. The van der Waals surface area contributed by atoms with Crippen LogP contribution < -0.4 is 5.32 Å². The highest BCUT2D eigenvalue weighted by atomic mass is 16.4. The van der Waals surface area contributed by atoms with Crippen LogP contribution in [0, 0.1) is 6.92 Å². The maximum atomic E-state index is 12.0. The number of nitrogens with one attached hydrogen (secondary N) is 1. The van der Waals surface area contributed by atoms with Crippen molar-refractivity contribution in [3.8, 4) is 0 Å². The molecule has 0 fully saturated rings. The van der Waals surface area contributed by atoms with Crippen LogP contribution in [-0.4, -0.2) is 10.9 Å². The zero-order valence-electron chi connectivity index (χ0n) is 10.7. The molecule has 0 radical (unpaired) electrons. The molecule has 1 aromatic heterocycles. The Kier molecular flexibility index (Phi) is 3.46. The molecule has 0 bridgehead atoms. The van der Waals surface area contributed by atoms with Crippen LogP contribution in [0.5, 0.6) is 0 Å². The Morgan fingerprint density at radius 1 is 1.28 bits per heavy atom. The summed E-state index contributed by atoms with van der Waals surface area (Å²) in [7, 11) is 0. The lowest BCUT2D eigenvalue weighted by molar-refractivity contribution is 0.0994. The van der Waals surface area contributed by atoms with Crippen LogP contribution in [0.2, 0.25) is 0 Å². The minimum absolute atomic E-state index is 0.168. The Bertz CT molecular complexity index is 544. The molecule has 1 amide bonds. The largest absolute Gasteiger partial charge is 0.435 e. The van der Waals surface area contributed by atoms with Crippen molar-refractivity contribution in [1.29, 1.82) is 0 Å². The summed E-state index contributed by atoms with van der Waals surface area (Å²) < 4.78 is 5.49. The van der Waals surface area contributed by atoms with Crippen LogP contribution >= 0.6 is 0 Å². The van der Waals surface area contributed by atoms with Gasteiger partial charge in [-0.05, 0) is 19.1 Å². The van der Waals surface area contributed by atoms with Crippen molar-refractivity contribution in [1.82, 2.24) is 4.98 Å². The number of oxazole rings is 1. The number of anilines is 1. The monoisotopic (exact) mass is 244 g/mol. The van der Waals surface area contributed by atoms with Gasteiger partial charge in [-0.3, -0.25) is 4.79 Å². The van der Waals surface area contributed by atoms with Crippen molar-refractivity contribution in [3.63, 3.8) is 0 Å². The first kappa shape index (κ1) is 12.4. The molecule has 0 saturated carbocycles. The van der Waals surface area contributed by atoms with Gasteiger partial charge in [0.15, 0.2) is 5.89 Å². The Labute approximate surface area is 106 Å². The summed E-state index contributed by atoms with van der Waals surface area (Å²) in [5, 5.41) is 2.78. The summed E-state index contributed by atoms with van der Waals surface area (Å²) in [6, 6.07) is 9.27. The number of hydrogen-bond acceptors (Lipinski definition) is 3. The molecule has 2 rings (SSSR count). The van der Waals surface area contributed by atoms with Crippen LogP contribution in [0.25, 0.3) is 0 Å². The molecule has 0 unspecified atom stereocenters. The SMILES string of the molecule is Cc1nc(C(C)C)oc1C(=O)Nc1ccccc1. The van der Waals surface area contributed by atoms with E-state index in [4.69, 9.17) is 4.42 Å². The van der Waals surface area contributed by atoms with Gasteiger partial charge in [-0.1, -0.05) is 32.0 Å². The van der Waals surface area contributed by atoms with Crippen molar-refractivity contribution < 1.29 is 9.21 Å². The van der Waals surface area contributed by atoms with E-state index in [1.165, 1.54) is 0 Å². The van der Waals surface area contributed by atoms with E-state index in [9.17, 15) is 4.79 Å².